The molecule has 0 bridgehead atoms. The van der Waals surface area contributed by atoms with E-state index in [0.717, 1.165) is 0 Å². The van der Waals surface area contributed by atoms with Crippen molar-refractivity contribution in [2.75, 3.05) is 0 Å². The molecule has 0 heteroatoms. The summed E-state index contributed by atoms with van der Waals surface area (Å²) in [6.07, 6.45) is 2.24. The molecule has 0 aromatic heterocycles. The largest absolute Gasteiger partial charge is 0.0622 e. The molecule has 0 aliphatic heterocycles. The van der Waals surface area contributed by atoms with Crippen LogP contribution >= 0.6 is 0 Å². The van der Waals surface area contributed by atoms with Gasteiger partial charge in [-0.25, -0.2) is 0 Å². The smallest absolute Gasteiger partial charge is 0.0109 e. The minimum absolute atomic E-state index is 1.24. The number of rotatable bonds is 2. The highest BCUT2D eigenvalue weighted by atomic mass is 14.1. The fourth-order valence-corrected chi connectivity index (χ4v) is 2.45. The van der Waals surface area contributed by atoms with Gasteiger partial charge < -0.3 is 0 Å². The Morgan fingerprint density at radius 2 is 1.42 bits per heavy atom. The molecule has 0 saturated carbocycles. The van der Waals surface area contributed by atoms with Crippen LogP contribution in [0.15, 0.2) is 72.8 Å². The molecule has 3 aromatic rings. The van der Waals surface area contributed by atoms with Gasteiger partial charge in [0, 0.05) is 0 Å². The van der Waals surface area contributed by atoms with Crippen LogP contribution in [0.4, 0.5) is 0 Å². The topological polar surface area (TPSA) is 0 Å². The molecule has 0 heterocycles. The quantitative estimate of drug-likeness (QED) is 0.529. The second kappa shape index (κ2) is 5.11. The van der Waals surface area contributed by atoms with Gasteiger partial charge >= 0.3 is 0 Å². The third-order valence-electron chi connectivity index (χ3n) is 3.40. The van der Waals surface area contributed by atoms with Crippen molar-refractivity contribution in [1.82, 2.24) is 0 Å². The first-order chi connectivity index (χ1) is 9.34. The third kappa shape index (κ3) is 2.43. The molecule has 0 fully saturated rings. The lowest BCUT2D eigenvalue weighted by Gasteiger charge is -2.07. The molecular weight excluding hydrogens is 228 g/mol. The van der Waals surface area contributed by atoms with Crippen molar-refractivity contribution < 1.29 is 0 Å². The molecule has 19 heavy (non-hydrogen) atoms. The Kier molecular flexibility index (Phi) is 3.16. The van der Waals surface area contributed by atoms with Gasteiger partial charge in [0.05, 0.1) is 0 Å². The minimum Gasteiger partial charge on any atom is -0.0622 e. The fourth-order valence-electron chi connectivity index (χ4n) is 2.45. The van der Waals surface area contributed by atoms with Crippen molar-refractivity contribution in [2.45, 2.75) is 6.92 Å². The van der Waals surface area contributed by atoms with E-state index < -0.39 is 0 Å². The van der Waals surface area contributed by atoms with Crippen molar-refractivity contribution in [3.8, 4) is 0 Å². The van der Waals surface area contributed by atoms with Crippen LogP contribution in [0.25, 0.3) is 22.4 Å². The predicted octanol–water partition coefficient (Wildman–Crippen LogP) is 5.40. The average Bonchev–Trinajstić information content (AvgIpc) is 2.47. The molecule has 0 amide bonds. The van der Waals surface area contributed by atoms with Gasteiger partial charge in [0.15, 0.2) is 0 Å². The summed E-state index contributed by atoms with van der Waals surface area (Å²) >= 11 is 0. The first kappa shape index (κ1) is 11.7. The van der Waals surface area contributed by atoms with Gasteiger partial charge in [-0.15, -0.1) is 0 Å². The van der Waals surface area contributed by atoms with Crippen LogP contribution in [0, 0.1) is 0 Å². The fraction of sp³-hybridized carbons (Fsp3) is 0.0526. The molecule has 0 spiro atoms. The Balaban J connectivity index is 2.12. The molecular formula is C19H16. The molecule has 3 aromatic carbocycles. The van der Waals surface area contributed by atoms with E-state index >= 15 is 0 Å². The van der Waals surface area contributed by atoms with Gasteiger partial charge in [-0.2, -0.15) is 0 Å². The Labute approximate surface area is 114 Å². The second-order valence-electron chi connectivity index (χ2n) is 4.76. The van der Waals surface area contributed by atoms with Gasteiger partial charge in [-0.3, -0.25) is 0 Å². The minimum atomic E-state index is 1.24. The van der Waals surface area contributed by atoms with Gasteiger partial charge in [0.2, 0.25) is 0 Å². The van der Waals surface area contributed by atoms with Crippen LogP contribution in [0.3, 0.4) is 0 Å². The van der Waals surface area contributed by atoms with Crippen molar-refractivity contribution in [2.24, 2.45) is 0 Å². The molecule has 0 nitrogen and oxygen atoms in total. The maximum atomic E-state index is 2.24. The Hall–Kier alpha value is -2.34. The van der Waals surface area contributed by atoms with Crippen LogP contribution < -0.4 is 0 Å². The van der Waals surface area contributed by atoms with E-state index in [1.807, 2.05) is 6.07 Å². The summed E-state index contributed by atoms with van der Waals surface area (Å²) in [5.41, 5.74) is 3.85. The highest BCUT2D eigenvalue weighted by Crippen LogP contribution is 2.26. The van der Waals surface area contributed by atoms with Gasteiger partial charge in [0.25, 0.3) is 0 Å². The molecule has 0 unspecified atom stereocenters. The molecule has 0 aliphatic rings. The van der Waals surface area contributed by atoms with Crippen molar-refractivity contribution in [1.29, 1.82) is 0 Å². The monoisotopic (exact) mass is 244 g/mol. The lowest BCUT2D eigenvalue weighted by molar-refractivity contribution is 1.61. The summed E-state index contributed by atoms with van der Waals surface area (Å²) in [6, 6.07) is 25.5. The molecule has 0 N–H and O–H groups in total. The van der Waals surface area contributed by atoms with E-state index in [0.29, 0.717) is 0 Å². The predicted molar refractivity (Wildman–Crippen MR) is 83.9 cm³/mol. The maximum Gasteiger partial charge on any atom is -0.0109 e. The summed E-state index contributed by atoms with van der Waals surface area (Å²) in [4.78, 5) is 0. The molecule has 3 rings (SSSR count). The number of fused-ring (bicyclic) bond motifs is 1. The van der Waals surface area contributed by atoms with Crippen LogP contribution in [0.1, 0.15) is 18.1 Å². The number of allylic oxidation sites excluding steroid dienone is 1. The first-order valence-electron chi connectivity index (χ1n) is 6.56. The zero-order valence-corrected chi connectivity index (χ0v) is 11.0. The number of hydrogen-bond acceptors (Lipinski definition) is 0. The van der Waals surface area contributed by atoms with Gasteiger partial charge in [-0.1, -0.05) is 78.9 Å². The zero-order valence-electron chi connectivity index (χ0n) is 11.0. The lowest BCUT2D eigenvalue weighted by Crippen LogP contribution is -1.83. The summed E-state index contributed by atoms with van der Waals surface area (Å²) in [6.45, 7) is 2.18. The summed E-state index contributed by atoms with van der Waals surface area (Å²) in [5, 5.41) is 2.61. The first-order valence-corrected chi connectivity index (χ1v) is 6.56. The van der Waals surface area contributed by atoms with E-state index in [-0.39, 0.29) is 0 Å². The number of hydrogen-bond donors (Lipinski definition) is 0. The molecule has 0 atom stereocenters. The van der Waals surface area contributed by atoms with Crippen molar-refractivity contribution in [3.63, 3.8) is 0 Å². The highest BCUT2D eigenvalue weighted by Gasteiger charge is 2.01. The van der Waals surface area contributed by atoms with E-state index in [1.165, 1.54) is 27.5 Å². The second-order valence-corrected chi connectivity index (χ2v) is 4.76. The Morgan fingerprint density at radius 3 is 2.26 bits per heavy atom. The van der Waals surface area contributed by atoms with E-state index in [2.05, 4.69) is 79.7 Å². The normalized spacial score (nSPS) is 11.7. The molecule has 0 saturated heterocycles. The van der Waals surface area contributed by atoms with Crippen LogP contribution in [0.2, 0.25) is 0 Å². The number of benzene rings is 3. The maximum absolute atomic E-state index is 2.24. The van der Waals surface area contributed by atoms with Gasteiger partial charge in [0.1, 0.15) is 0 Å². The summed E-state index contributed by atoms with van der Waals surface area (Å²) in [5.74, 6) is 0. The standard InChI is InChI=1S/C19H16/c1-15(14-16-8-3-2-4-9-16)18-13-7-11-17-10-5-6-12-19(17)18/h2-14H,1H3/b15-14+. The Bertz CT molecular complexity index is 716. The molecule has 92 valence electrons. The summed E-state index contributed by atoms with van der Waals surface area (Å²) < 4.78 is 0. The average molecular weight is 244 g/mol. The van der Waals surface area contributed by atoms with Crippen LogP contribution in [0.5, 0.6) is 0 Å². The highest BCUT2D eigenvalue weighted by molar-refractivity contribution is 5.97. The van der Waals surface area contributed by atoms with Crippen LogP contribution in [-0.2, 0) is 0 Å². The SMILES string of the molecule is C/C(=C\c1ccccc1)c1cccc2ccccc12. The third-order valence-corrected chi connectivity index (χ3v) is 3.40. The lowest BCUT2D eigenvalue weighted by atomic mass is 9.98. The summed E-state index contributed by atoms with van der Waals surface area (Å²) in [7, 11) is 0. The van der Waals surface area contributed by atoms with Gasteiger partial charge in [-0.05, 0) is 34.4 Å². The van der Waals surface area contributed by atoms with E-state index in [1.54, 1.807) is 0 Å². The zero-order chi connectivity index (χ0) is 13.1. The van der Waals surface area contributed by atoms with Crippen LogP contribution in [-0.4, -0.2) is 0 Å². The van der Waals surface area contributed by atoms with Crippen molar-refractivity contribution in [3.05, 3.63) is 83.9 Å². The van der Waals surface area contributed by atoms with E-state index in [9.17, 15) is 0 Å². The van der Waals surface area contributed by atoms with Crippen molar-refractivity contribution >= 4 is 22.4 Å². The molecule has 0 radical (unpaired) electrons. The Morgan fingerprint density at radius 1 is 0.737 bits per heavy atom. The molecule has 0 aliphatic carbocycles. The van der Waals surface area contributed by atoms with E-state index in [4.69, 9.17) is 0 Å².